The normalized spacial score (nSPS) is 10.1. The Labute approximate surface area is 432 Å². The van der Waals surface area contributed by atoms with Crippen molar-refractivity contribution in [2.75, 3.05) is 13.7 Å². The fourth-order valence-electron chi connectivity index (χ4n) is 5.99. The van der Waals surface area contributed by atoms with Crippen LogP contribution in [0.1, 0.15) is 68.1 Å². The highest BCUT2D eigenvalue weighted by Crippen LogP contribution is 2.36. The summed E-state index contributed by atoms with van der Waals surface area (Å²) in [6.45, 7) is 18.8. The molecule has 74 heavy (non-hydrogen) atoms. The quantitative estimate of drug-likeness (QED) is 0.0908. The fourth-order valence-corrected chi connectivity index (χ4v) is 6.11. The van der Waals surface area contributed by atoms with E-state index in [1.54, 1.807) is 64.3 Å². The molecule has 0 saturated carbocycles. The summed E-state index contributed by atoms with van der Waals surface area (Å²) in [7, 11) is 1.68. The van der Waals surface area contributed by atoms with Crippen molar-refractivity contribution in [3.05, 3.63) is 248 Å². The van der Waals surface area contributed by atoms with Crippen molar-refractivity contribution in [3.63, 3.8) is 0 Å². The molecular formula is C56H60ClF6N3O8. The second-order valence-corrected chi connectivity index (χ2v) is 16.6. The first kappa shape index (κ1) is 64.2. The van der Waals surface area contributed by atoms with Crippen molar-refractivity contribution in [2.45, 2.75) is 81.6 Å². The van der Waals surface area contributed by atoms with E-state index >= 15 is 0 Å². The van der Waals surface area contributed by atoms with Crippen molar-refractivity contribution in [2.24, 2.45) is 0 Å². The third-order valence-electron chi connectivity index (χ3n) is 9.93. The largest absolute Gasteiger partial charge is 0.496 e. The Kier molecular flexibility index (Phi) is 27.4. The second-order valence-electron chi connectivity index (χ2n) is 16.2. The summed E-state index contributed by atoms with van der Waals surface area (Å²) >= 11 is 5.61. The number of aryl methyl sites for hydroxylation is 8. The minimum absolute atomic E-state index is 0.0295. The van der Waals surface area contributed by atoms with Crippen LogP contribution in [0.2, 0.25) is 5.02 Å². The van der Waals surface area contributed by atoms with E-state index in [1.165, 1.54) is 47.4 Å². The van der Waals surface area contributed by atoms with E-state index in [4.69, 9.17) is 21.1 Å². The Morgan fingerprint density at radius 3 is 1.26 bits per heavy atom. The van der Waals surface area contributed by atoms with Gasteiger partial charge in [-0.1, -0.05) is 119 Å². The predicted molar refractivity (Wildman–Crippen MR) is 280 cm³/mol. The summed E-state index contributed by atoms with van der Waals surface area (Å²) in [5, 5.41) is 32.0. The number of halogens is 7. The Hall–Kier alpha value is -7.79. The third kappa shape index (κ3) is 24.6. The van der Waals surface area contributed by atoms with Gasteiger partial charge in [0.05, 0.1) is 39.6 Å². The molecule has 11 nitrogen and oxygen atoms in total. The number of alkyl halides is 6. The Bertz CT molecular complexity index is 2810. The number of methoxy groups -OCH3 is 1. The average molecular weight is 1050 g/mol. The zero-order valence-corrected chi connectivity index (χ0v) is 43.7. The van der Waals surface area contributed by atoms with Crippen LogP contribution in [-0.2, 0) is 12.4 Å². The third-order valence-corrected chi connectivity index (χ3v) is 10.2. The maximum atomic E-state index is 12.2. The van der Waals surface area contributed by atoms with Crippen molar-refractivity contribution < 1.29 is 50.6 Å². The SMILES string of the molecule is CCOc1ccc(C)cc1[N+](=O)[O-].COc1ccccc1C.Cc1cc(C(F)(F)F)cc(C(F)(F)F)c1.Cc1ccc(Cl)cc1.Cc1cccc(C)c1.Cc1cccc([N+](=O)[O-])c1C.Cc1ccccc1[N+](=O)[O-]. The van der Waals surface area contributed by atoms with E-state index < -0.39 is 28.4 Å². The van der Waals surface area contributed by atoms with Gasteiger partial charge in [-0.2, -0.15) is 26.3 Å². The lowest BCUT2D eigenvalue weighted by atomic mass is 10.1. The van der Waals surface area contributed by atoms with Crippen LogP contribution in [0.3, 0.4) is 0 Å². The minimum Gasteiger partial charge on any atom is -0.496 e. The Morgan fingerprint density at radius 2 is 0.878 bits per heavy atom. The first-order valence-electron chi connectivity index (χ1n) is 22.4. The maximum absolute atomic E-state index is 12.2. The first-order valence-corrected chi connectivity index (χ1v) is 22.8. The molecule has 396 valence electrons. The standard InChI is InChI=1S/C9H6F6.C9H11NO3.C8H9NO2.C8H10O.C8H10.C7H7Cl.C7H7NO2/c1-5-2-6(8(10,11)12)4-7(3-5)9(13,14)15;1-3-13-9-5-4-7(2)6-8(9)10(11)12;1-6-4-3-5-8(7(6)2)9(10)11;1-7-5-3-4-6-8(7)9-2;1-7-4-3-5-8(2)6-7;1-6-2-4-7(8)5-3-6;1-6-4-2-3-5-7(6)8(9)10/h2-4H,1H3;4-6H,3H2,1-2H3;3-5H,1-2H3;3-6H,1-2H3;3-6H,1-2H3;2-5H,1H3;2-5H,1H3. The van der Waals surface area contributed by atoms with Gasteiger partial charge < -0.3 is 9.47 Å². The summed E-state index contributed by atoms with van der Waals surface area (Å²) in [6, 6.07) is 42.2. The van der Waals surface area contributed by atoms with E-state index in [2.05, 4.69) is 38.1 Å². The number of benzene rings is 7. The van der Waals surface area contributed by atoms with E-state index in [9.17, 15) is 56.7 Å². The van der Waals surface area contributed by atoms with Crippen LogP contribution in [0.25, 0.3) is 0 Å². The lowest BCUT2D eigenvalue weighted by molar-refractivity contribution is -0.386. The summed E-state index contributed by atoms with van der Waals surface area (Å²) in [4.78, 5) is 30.0. The molecule has 7 rings (SSSR count). The van der Waals surface area contributed by atoms with Crippen LogP contribution >= 0.6 is 11.6 Å². The number of rotatable bonds is 6. The monoisotopic (exact) mass is 1050 g/mol. The van der Waals surface area contributed by atoms with Crippen LogP contribution in [-0.4, -0.2) is 28.5 Å². The number of hydrogen-bond acceptors (Lipinski definition) is 8. The molecule has 0 unspecified atom stereocenters. The van der Waals surface area contributed by atoms with Crippen LogP contribution in [0.4, 0.5) is 43.4 Å². The van der Waals surface area contributed by atoms with Crippen LogP contribution in [0, 0.1) is 92.7 Å². The van der Waals surface area contributed by atoms with E-state index in [-0.39, 0.29) is 38.5 Å². The molecule has 0 heterocycles. The van der Waals surface area contributed by atoms with Crippen molar-refractivity contribution >= 4 is 28.7 Å². The van der Waals surface area contributed by atoms with Gasteiger partial charge in [-0.3, -0.25) is 30.3 Å². The summed E-state index contributed by atoms with van der Waals surface area (Å²) in [6.07, 6.45) is -9.52. The minimum atomic E-state index is -4.76. The predicted octanol–water partition coefficient (Wildman–Crippen LogP) is 17.4. The highest BCUT2D eigenvalue weighted by molar-refractivity contribution is 6.30. The molecule has 0 amide bonds. The second kappa shape index (κ2) is 31.6. The molecule has 0 aliphatic carbocycles. The molecule has 0 N–H and O–H groups in total. The van der Waals surface area contributed by atoms with Gasteiger partial charge in [-0.15, -0.1) is 0 Å². The number of para-hydroxylation sites is 2. The summed E-state index contributed by atoms with van der Waals surface area (Å²) < 4.78 is 83.2. The first-order chi connectivity index (χ1) is 34.5. The van der Waals surface area contributed by atoms with Crippen molar-refractivity contribution in [1.29, 1.82) is 0 Å². The van der Waals surface area contributed by atoms with Gasteiger partial charge in [0.25, 0.3) is 11.4 Å². The highest BCUT2D eigenvalue weighted by Gasteiger charge is 2.36. The zero-order chi connectivity index (χ0) is 56.3. The number of hydrogen-bond donors (Lipinski definition) is 0. The number of nitro groups is 3. The van der Waals surface area contributed by atoms with Gasteiger partial charge in [-0.25, -0.2) is 0 Å². The molecule has 0 fully saturated rings. The smallest absolute Gasteiger partial charge is 0.416 e. The van der Waals surface area contributed by atoms with Crippen LogP contribution < -0.4 is 9.47 Å². The topological polar surface area (TPSA) is 148 Å². The molecule has 7 aromatic rings. The number of nitro benzene ring substituents is 3. The Morgan fingerprint density at radius 1 is 0.446 bits per heavy atom. The average Bonchev–Trinajstić information content (AvgIpc) is 3.32. The van der Waals surface area contributed by atoms with Gasteiger partial charge in [0.1, 0.15) is 5.75 Å². The van der Waals surface area contributed by atoms with Crippen molar-refractivity contribution in [1.82, 2.24) is 0 Å². The van der Waals surface area contributed by atoms with Crippen LogP contribution in [0.5, 0.6) is 11.5 Å². The fraction of sp³-hybridized carbons (Fsp3) is 0.250. The van der Waals surface area contributed by atoms with Crippen LogP contribution in [0.15, 0.2) is 152 Å². The molecule has 0 aliphatic heterocycles. The number of nitrogens with zero attached hydrogens (tertiary/aromatic N) is 3. The highest BCUT2D eigenvalue weighted by atomic mass is 35.5. The van der Waals surface area contributed by atoms with Gasteiger partial charge in [-0.05, 0) is 134 Å². The van der Waals surface area contributed by atoms with Gasteiger partial charge in [0.2, 0.25) is 0 Å². The van der Waals surface area contributed by atoms with E-state index in [0.29, 0.717) is 30.1 Å². The molecule has 0 atom stereocenters. The molecule has 0 aromatic heterocycles. The van der Waals surface area contributed by atoms with Gasteiger partial charge in [0.15, 0.2) is 5.75 Å². The van der Waals surface area contributed by atoms with Gasteiger partial charge in [0, 0.05) is 34.3 Å². The summed E-state index contributed by atoms with van der Waals surface area (Å²) in [5.41, 5.74) is 6.14. The zero-order valence-electron chi connectivity index (χ0n) is 42.9. The molecule has 18 heteroatoms. The van der Waals surface area contributed by atoms with E-state index in [1.807, 2.05) is 82.3 Å². The maximum Gasteiger partial charge on any atom is 0.416 e. The van der Waals surface area contributed by atoms with Gasteiger partial charge >= 0.3 is 18.0 Å². The molecule has 0 radical (unpaired) electrons. The summed E-state index contributed by atoms with van der Waals surface area (Å²) in [5.74, 6) is 1.29. The van der Waals surface area contributed by atoms with E-state index in [0.717, 1.165) is 27.5 Å². The molecule has 0 aliphatic rings. The molecule has 7 aromatic carbocycles. The molecule has 0 spiro atoms. The Balaban J connectivity index is 0.000000436. The lowest BCUT2D eigenvalue weighted by Crippen LogP contribution is -2.11. The lowest BCUT2D eigenvalue weighted by Gasteiger charge is -2.12. The molecular weight excluding hydrogens is 992 g/mol. The van der Waals surface area contributed by atoms with Crippen molar-refractivity contribution in [3.8, 4) is 11.5 Å². The number of ether oxygens (including phenoxy) is 2. The molecule has 0 saturated heterocycles. The molecule has 0 bridgehead atoms.